The van der Waals surface area contributed by atoms with E-state index >= 15 is 0 Å². The van der Waals surface area contributed by atoms with Crippen LogP contribution in [0.15, 0.2) is 83.4 Å². The van der Waals surface area contributed by atoms with Gasteiger partial charge < -0.3 is 10.4 Å². The van der Waals surface area contributed by atoms with Crippen molar-refractivity contribution < 1.29 is 36.3 Å². The van der Waals surface area contributed by atoms with E-state index in [1.165, 1.54) is 48.5 Å². The molecule has 188 valence electrons. The summed E-state index contributed by atoms with van der Waals surface area (Å²) >= 11 is 0. The summed E-state index contributed by atoms with van der Waals surface area (Å²) in [4.78, 5) is 25.7. The van der Waals surface area contributed by atoms with E-state index in [-0.39, 0.29) is 27.3 Å². The van der Waals surface area contributed by atoms with Crippen LogP contribution in [0.3, 0.4) is 0 Å². The smallest absolute Gasteiger partial charge is 0.416 e. The van der Waals surface area contributed by atoms with Crippen LogP contribution in [0.4, 0.5) is 18.9 Å². The maximum Gasteiger partial charge on any atom is 0.416 e. The molecular weight excluding hydrogens is 511 g/mol. The van der Waals surface area contributed by atoms with Crippen molar-refractivity contribution in [1.82, 2.24) is 4.31 Å². The van der Waals surface area contributed by atoms with Crippen molar-refractivity contribution in [2.45, 2.75) is 11.1 Å². The van der Waals surface area contributed by atoms with Crippen LogP contribution in [-0.2, 0) is 21.0 Å². The normalized spacial score (nSPS) is 15.9. The second-order valence-electron chi connectivity index (χ2n) is 7.85. The van der Waals surface area contributed by atoms with Crippen molar-refractivity contribution >= 4 is 33.2 Å². The van der Waals surface area contributed by atoms with E-state index in [1.54, 1.807) is 0 Å². The van der Waals surface area contributed by atoms with Gasteiger partial charge in [0.05, 0.1) is 22.1 Å². The van der Waals surface area contributed by atoms with Crippen LogP contribution in [0.1, 0.15) is 27.0 Å². The Morgan fingerprint density at radius 1 is 1.03 bits per heavy atom. The highest BCUT2D eigenvalue weighted by Gasteiger charge is 2.42. The van der Waals surface area contributed by atoms with Gasteiger partial charge in [0.2, 0.25) is 11.7 Å². The highest BCUT2D eigenvalue weighted by atomic mass is 32.2. The van der Waals surface area contributed by atoms with Crippen LogP contribution >= 0.6 is 0 Å². The molecule has 0 aromatic heterocycles. The third-order valence-corrected chi connectivity index (χ3v) is 7.24. The minimum Gasteiger partial charge on any atom is -0.505 e. The fourth-order valence-electron chi connectivity index (χ4n) is 3.69. The number of sulfonamides is 1. The number of halogens is 3. The fraction of sp³-hybridized carbons (Fsp3) is 0.0800. The number of amides is 1. The quantitative estimate of drug-likeness (QED) is 0.384. The molecule has 0 atom stereocenters. The average Bonchev–Trinajstić information content (AvgIpc) is 2.87. The minimum atomic E-state index is -4.59. The molecule has 0 spiro atoms. The standard InChI is InChI=1S/C25H16F3N3O5S/c26-25(27,28)17-8-10-18(11-9-17)30-21(32)14-31-22(23(33)16-5-3-4-15(12-16)13-29)24(34)19-6-1-2-7-20(19)37(31,35)36/h1-12,33H,14H2,(H,30,32)/b23-22+. The summed E-state index contributed by atoms with van der Waals surface area (Å²) in [6.07, 6.45) is -4.59. The molecule has 0 saturated carbocycles. The first-order valence-corrected chi connectivity index (χ1v) is 11.9. The zero-order valence-corrected chi connectivity index (χ0v) is 19.5. The van der Waals surface area contributed by atoms with Gasteiger partial charge in [-0.05, 0) is 48.5 Å². The highest BCUT2D eigenvalue weighted by Crippen LogP contribution is 2.35. The summed E-state index contributed by atoms with van der Waals surface area (Å²) in [5.41, 5.74) is -1.83. The molecule has 4 rings (SSSR count). The molecule has 37 heavy (non-hydrogen) atoms. The van der Waals surface area contributed by atoms with Crippen molar-refractivity contribution in [3.63, 3.8) is 0 Å². The second-order valence-corrected chi connectivity index (χ2v) is 9.68. The van der Waals surface area contributed by atoms with Gasteiger partial charge in [-0.3, -0.25) is 9.59 Å². The van der Waals surface area contributed by atoms with E-state index in [9.17, 15) is 36.3 Å². The maximum absolute atomic E-state index is 13.4. The number of aliphatic hydroxyl groups excluding tert-OH is 1. The van der Waals surface area contributed by atoms with Crippen molar-refractivity contribution in [2.24, 2.45) is 0 Å². The number of alkyl halides is 3. The van der Waals surface area contributed by atoms with Gasteiger partial charge in [0.25, 0.3) is 10.0 Å². The topological polar surface area (TPSA) is 128 Å². The van der Waals surface area contributed by atoms with Crippen LogP contribution in [0.25, 0.3) is 5.76 Å². The van der Waals surface area contributed by atoms with Crippen molar-refractivity contribution in [3.05, 3.63) is 101 Å². The molecule has 3 aromatic rings. The molecule has 0 saturated heterocycles. The molecule has 0 fully saturated rings. The third-order valence-electron chi connectivity index (χ3n) is 5.44. The Morgan fingerprint density at radius 2 is 1.70 bits per heavy atom. The largest absolute Gasteiger partial charge is 0.505 e. The number of anilines is 1. The number of Topliss-reactive ketones (excluding diaryl/α,β-unsaturated/α-hetero) is 1. The lowest BCUT2D eigenvalue weighted by molar-refractivity contribution is -0.137. The number of nitrogens with one attached hydrogen (secondary N) is 1. The Kier molecular flexibility index (Phi) is 6.49. The minimum absolute atomic E-state index is 0.0369. The molecule has 8 nitrogen and oxygen atoms in total. The summed E-state index contributed by atoms with van der Waals surface area (Å²) in [7, 11) is -4.53. The molecule has 1 aliphatic rings. The lowest BCUT2D eigenvalue weighted by atomic mass is 10.0. The summed E-state index contributed by atoms with van der Waals surface area (Å²) in [6, 6.07) is 16.0. The van der Waals surface area contributed by atoms with Crippen LogP contribution in [0.2, 0.25) is 0 Å². The number of hydrogen-bond donors (Lipinski definition) is 2. The van der Waals surface area contributed by atoms with Crippen LogP contribution < -0.4 is 5.32 Å². The van der Waals surface area contributed by atoms with Gasteiger partial charge in [-0.25, -0.2) is 12.7 Å². The maximum atomic E-state index is 13.4. The molecule has 12 heteroatoms. The number of rotatable bonds is 4. The second kappa shape index (κ2) is 9.44. The summed E-state index contributed by atoms with van der Waals surface area (Å²) in [5, 5.41) is 22.4. The van der Waals surface area contributed by atoms with Gasteiger partial charge in [-0.1, -0.05) is 24.3 Å². The van der Waals surface area contributed by atoms with E-state index < -0.39 is 51.5 Å². The molecule has 0 radical (unpaired) electrons. The number of benzene rings is 3. The Hall–Kier alpha value is -4.63. The lowest BCUT2D eigenvalue weighted by Crippen LogP contribution is -2.43. The van der Waals surface area contributed by atoms with Crippen LogP contribution in [0, 0.1) is 11.3 Å². The highest BCUT2D eigenvalue weighted by molar-refractivity contribution is 7.89. The van der Waals surface area contributed by atoms with Gasteiger partial charge in [-0.2, -0.15) is 18.4 Å². The Labute approximate surface area is 208 Å². The molecule has 1 heterocycles. The van der Waals surface area contributed by atoms with Gasteiger partial charge >= 0.3 is 6.18 Å². The number of hydrogen-bond acceptors (Lipinski definition) is 6. The zero-order valence-electron chi connectivity index (χ0n) is 18.7. The predicted molar refractivity (Wildman–Crippen MR) is 125 cm³/mol. The number of nitriles is 1. The first-order chi connectivity index (χ1) is 17.4. The van der Waals surface area contributed by atoms with Crippen molar-refractivity contribution in [1.29, 1.82) is 5.26 Å². The van der Waals surface area contributed by atoms with E-state index in [2.05, 4.69) is 5.32 Å². The molecule has 0 aliphatic carbocycles. The molecule has 2 N–H and O–H groups in total. The van der Waals surface area contributed by atoms with Gasteiger partial charge in [0.15, 0.2) is 5.76 Å². The van der Waals surface area contributed by atoms with Gasteiger partial charge in [0.1, 0.15) is 12.2 Å². The molecule has 1 aliphatic heterocycles. The number of carbonyl (C=O) groups excluding carboxylic acids is 2. The fourth-order valence-corrected chi connectivity index (χ4v) is 5.32. The number of allylic oxidation sites excluding steroid dienone is 1. The zero-order chi connectivity index (χ0) is 27.0. The Bertz CT molecular complexity index is 1590. The Balaban J connectivity index is 1.76. The van der Waals surface area contributed by atoms with Gasteiger partial charge in [0, 0.05) is 16.8 Å². The van der Waals surface area contributed by atoms with Crippen LogP contribution in [-0.4, -0.2) is 36.1 Å². The number of ketones is 1. The monoisotopic (exact) mass is 527 g/mol. The number of carbonyl (C=O) groups is 2. The Morgan fingerprint density at radius 3 is 2.35 bits per heavy atom. The number of nitrogens with zero attached hydrogens (tertiary/aromatic N) is 2. The van der Waals surface area contributed by atoms with Crippen molar-refractivity contribution in [3.8, 4) is 6.07 Å². The molecule has 1 amide bonds. The molecule has 3 aromatic carbocycles. The van der Waals surface area contributed by atoms with E-state index in [4.69, 9.17) is 5.26 Å². The first-order valence-electron chi connectivity index (χ1n) is 10.5. The molecule has 0 bridgehead atoms. The average molecular weight is 527 g/mol. The number of fused-ring (bicyclic) bond motifs is 1. The van der Waals surface area contributed by atoms with Gasteiger partial charge in [-0.15, -0.1) is 0 Å². The third kappa shape index (κ3) is 4.89. The van der Waals surface area contributed by atoms with E-state index in [0.29, 0.717) is 4.31 Å². The summed E-state index contributed by atoms with van der Waals surface area (Å²) in [6.45, 7) is -0.971. The number of aliphatic hydroxyl groups is 1. The summed E-state index contributed by atoms with van der Waals surface area (Å²) in [5.74, 6) is -2.64. The van der Waals surface area contributed by atoms with Crippen molar-refractivity contribution in [2.75, 3.05) is 11.9 Å². The first kappa shape index (κ1) is 25.5. The van der Waals surface area contributed by atoms with Crippen LogP contribution in [0.5, 0.6) is 0 Å². The SMILES string of the molecule is N#Cc1cccc(/C(O)=C2/C(=O)c3ccccc3S(=O)(=O)N2CC(=O)Nc2ccc(C(F)(F)F)cc2)c1. The predicted octanol–water partition coefficient (Wildman–Crippen LogP) is 4.33. The molecule has 0 unspecified atom stereocenters. The summed E-state index contributed by atoms with van der Waals surface area (Å²) < 4.78 is 65.7. The molecular formula is C25H16F3N3O5S. The lowest BCUT2D eigenvalue weighted by Gasteiger charge is -2.31. The van der Waals surface area contributed by atoms with E-state index in [0.717, 1.165) is 24.3 Å². The van der Waals surface area contributed by atoms with E-state index in [1.807, 2.05) is 6.07 Å².